The SMILES string of the molecule is CNC(=O)[C@@H]1Cn2ccnc2C2(CCN(C(=O)NCC(C)C)CC2)O1. The van der Waals surface area contributed by atoms with Gasteiger partial charge in [0, 0.05) is 51.9 Å². The number of carbonyl (C=O) groups is 2. The van der Waals surface area contributed by atoms with Gasteiger partial charge in [-0.1, -0.05) is 13.8 Å². The van der Waals surface area contributed by atoms with E-state index in [2.05, 4.69) is 29.5 Å². The Morgan fingerprint density at radius 2 is 2.12 bits per heavy atom. The van der Waals surface area contributed by atoms with Crippen molar-refractivity contribution >= 4 is 11.9 Å². The van der Waals surface area contributed by atoms with E-state index in [0.29, 0.717) is 44.9 Å². The van der Waals surface area contributed by atoms with Crippen LogP contribution in [0.2, 0.25) is 0 Å². The minimum atomic E-state index is -0.603. The Kier molecular flexibility index (Phi) is 4.99. The lowest BCUT2D eigenvalue weighted by molar-refractivity contribution is -0.171. The first-order valence-electron chi connectivity index (χ1n) is 8.89. The van der Waals surface area contributed by atoms with Gasteiger partial charge in [-0.05, 0) is 5.92 Å². The summed E-state index contributed by atoms with van der Waals surface area (Å²) < 4.78 is 8.22. The number of aromatic nitrogens is 2. The Bertz CT molecular complexity index is 634. The summed E-state index contributed by atoms with van der Waals surface area (Å²) in [6.07, 6.45) is 4.36. The lowest BCUT2D eigenvalue weighted by atomic mass is 9.88. The van der Waals surface area contributed by atoms with Gasteiger partial charge >= 0.3 is 6.03 Å². The van der Waals surface area contributed by atoms with Gasteiger partial charge in [0.2, 0.25) is 0 Å². The highest BCUT2D eigenvalue weighted by atomic mass is 16.5. The van der Waals surface area contributed by atoms with E-state index in [1.165, 1.54) is 0 Å². The molecule has 0 aromatic carbocycles. The average Bonchev–Trinajstić information content (AvgIpc) is 3.09. The Hall–Kier alpha value is -2.09. The smallest absolute Gasteiger partial charge is 0.317 e. The fourth-order valence-corrected chi connectivity index (χ4v) is 3.51. The lowest BCUT2D eigenvalue weighted by Crippen LogP contribution is -2.55. The van der Waals surface area contributed by atoms with Crippen molar-refractivity contribution in [2.24, 2.45) is 5.92 Å². The number of likely N-dealkylation sites (N-methyl/N-ethyl adjacent to an activating group) is 1. The Morgan fingerprint density at radius 1 is 1.40 bits per heavy atom. The van der Waals surface area contributed by atoms with E-state index in [9.17, 15) is 9.59 Å². The predicted octanol–water partition coefficient (Wildman–Crippen LogP) is 0.685. The second-order valence-electron chi connectivity index (χ2n) is 7.19. The molecule has 0 aliphatic carbocycles. The van der Waals surface area contributed by atoms with Crippen LogP contribution in [0.5, 0.6) is 0 Å². The summed E-state index contributed by atoms with van der Waals surface area (Å²) in [6, 6.07) is -0.0365. The van der Waals surface area contributed by atoms with Crippen molar-refractivity contribution in [1.82, 2.24) is 25.1 Å². The summed E-state index contributed by atoms with van der Waals surface area (Å²) in [4.78, 5) is 30.7. The van der Waals surface area contributed by atoms with Gasteiger partial charge in [-0.15, -0.1) is 0 Å². The van der Waals surface area contributed by atoms with Crippen LogP contribution in [0.15, 0.2) is 12.4 Å². The molecular formula is C17H27N5O3. The van der Waals surface area contributed by atoms with Gasteiger partial charge in [0.25, 0.3) is 5.91 Å². The highest BCUT2D eigenvalue weighted by Gasteiger charge is 2.47. The third-order valence-corrected chi connectivity index (χ3v) is 4.91. The van der Waals surface area contributed by atoms with E-state index in [-0.39, 0.29) is 11.9 Å². The molecule has 3 amide bonds. The largest absolute Gasteiger partial charge is 0.357 e. The van der Waals surface area contributed by atoms with Gasteiger partial charge in [-0.3, -0.25) is 4.79 Å². The van der Waals surface area contributed by atoms with Gasteiger partial charge in [-0.2, -0.15) is 0 Å². The number of ether oxygens (including phenoxy) is 1. The molecular weight excluding hydrogens is 322 g/mol. The highest BCUT2D eigenvalue weighted by Crippen LogP contribution is 2.40. The second kappa shape index (κ2) is 7.03. The quantitative estimate of drug-likeness (QED) is 0.840. The summed E-state index contributed by atoms with van der Waals surface area (Å²) in [5.41, 5.74) is -0.603. The molecule has 2 N–H and O–H groups in total. The topological polar surface area (TPSA) is 88.5 Å². The van der Waals surface area contributed by atoms with Crippen LogP contribution in [0.4, 0.5) is 4.79 Å². The maximum atomic E-state index is 12.3. The zero-order valence-corrected chi connectivity index (χ0v) is 15.1. The number of fused-ring (bicyclic) bond motifs is 2. The van der Waals surface area contributed by atoms with Gasteiger partial charge in [-0.25, -0.2) is 9.78 Å². The zero-order chi connectivity index (χ0) is 18.0. The van der Waals surface area contributed by atoms with Crippen LogP contribution in [0.25, 0.3) is 0 Å². The fourth-order valence-electron chi connectivity index (χ4n) is 3.51. The number of imidazole rings is 1. The number of likely N-dealkylation sites (tertiary alicyclic amines) is 1. The fraction of sp³-hybridized carbons (Fsp3) is 0.706. The summed E-state index contributed by atoms with van der Waals surface area (Å²) in [7, 11) is 1.61. The summed E-state index contributed by atoms with van der Waals surface area (Å²) >= 11 is 0. The Balaban J connectivity index is 1.71. The number of carbonyl (C=O) groups excluding carboxylic acids is 2. The number of rotatable bonds is 3. The molecule has 3 heterocycles. The van der Waals surface area contributed by atoms with Crippen molar-refractivity contribution in [1.29, 1.82) is 0 Å². The summed E-state index contributed by atoms with van der Waals surface area (Å²) in [5, 5.41) is 5.62. The van der Waals surface area contributed by atoms with Crippen molar-refractivity contribution in [3.8, 4) is 0 Å². The van der Waals surface area contributed by atoms with Crippen LogP contribution in [-0.4, -0.2) is 59.2 Å². The molecule has 0 saturated carbocycles. The van der Waals surface area contributed by atoms with Crippen molar-refractivity contribution in [2.75, 3.05) is 26.7 Å². The van der Waals surface area contributed by atoms with E-state index in [4.69, 9.17) is 4.74 Å². The summed E-state index contributed by atoms with van der Waals surface area (Å²) in [6.45, 7) is 6.43. The van der Waals surface area contributed by atoms with Gasteiger partial charge in [0.1, 0.15) is 11.4 Å². The average molecular weight is 349 g/mol. The molecule has 2 aliphatic heterocycles. The zero-order valence-electron chi connectivity index (χ0n) is 15.1. The molecule has 1 fully saturated rings. The first kappa shape index (κ1) is 17.7. The molecule has 3 rings (SSSR count). The first-order valence-corrected chi connectivity index (χ1v) is 8.89. The number of nitrogens with zero attached hydrogens (tertiary/aromatic N) is 3. The Labute approximate surface area is 147 Å². The Morgan fingerprint density at radius 3 is 2.76 bits per heavy atom. The summed E-state index contributed by atoms with van der Waals surface area (Å²) in [5.74, 6) is 1.15. The molecule has 25 heavy (non-hydrogen) atoms. The standard InChI is InChI=1S/C17H27N5O3/c1-12(2)10-20-16(24)21-7-4-17(5-8-21)15-19-6-9-22(15)11-13(25-17)14(23)18-3/h6,9,12-13H,4-5,7-8,10-11H2,1-3H3,(H,18,23)(H,20,24)/t13-/m0/s1. The van der Waals surface area contributed by atoms with E-state index in [1.807, 2.05) is 15.7 Å². The van der Waals surface area contributed by atoms with Crippen LogP contribution >= 0.6 is 0 Å². The lowest BCUT2D eigenvalue weighted by Gasteiger charge is -2.45. The molecule has 8 heteroatoms. The number of nitrogens with one attached hydrogen (secondary N) is 2. The van der Waals surface area contributed by atoms with E-state index in [1.54, 1.807) is 13.2 Å². The maximum Gasteiger partial charge on any atom is 0.317 e. The minimum absolute atomic E-state index is 0.0365. The number of urea groups is 1. The number of hydrogen-bond acceptors (Lipinski definition) is 4. The predicted molar refractivity (Wildman–Crippen MR) is 91.9 cm³/mol. The van der Waals surface area contributed by atoms with Crippen molar-refractivity contribution < 1.29 is 14.3 Å². The number of amides is 3. The molecule has 138 valence electrons. The molecule has 1 atom stereocenters. The molecule has 8 nitrogen and oxygen atoms in total. The third kappa shape index (κ3) is 3.49. The van der Waals surface area contributed by atoms with Crippen LogP contribution in [0.3, 0.4) is 0 Å². The molecule has 0 unspecified atom stereocenters. The number of hydrogen-bond donors (Lipinski definition) is 2. The molecule has 1 aromatic heterocycles. The molecule has 0 bridgehead atoms. The van der Waals surface area contributed by atoms with Crippen LogP contribution < -0.4 is 10.6 Å². The van der Waals surface area contributed by atoms with Crippen molar-refractivity contribution in [3.05, 3.63) is 18.2 Å². The van der Waals surface area contributed by atoms with Gasteiger partial charge in [0.15, 0.2) is 6.10 Å². The molecule has 1 saturated heterocycles. The highest BCUT2D eigenvalue weighted by molar-refractivity contribution is 5.80. The first-order chi connectivity index (χ1) is 11.9. The van der Waals surface area contributed by atoms with Crippen molar-refractivity contribution in [3.63, 3.8) is 0 Å². The minimum Gasteiger partial charge on any atom is -0.357 e. The molecule has 2 aliphatic rings. The third-order valence-electron chi connectivity index (χ3n) is 4.91. The van der Waals surface area contributed by atoms with Crippen LogP contribution in [0, 0.1) is 5.92 Å². The number of piperidine rings is 1. The van der Waals surface area contributed by atoms with E-state index in [0.717, 1.165) is 5.82 Å². The monoisotopic (exact) mass is 349 g/mol. The maximum absolute atomic E-state index is 12.3. The van der Waals surface area contributed by atoms with Crippen LogP contribution in [-0.2, 0) is 21.7 Å². The van der Waals surface area contributed by atoms with Crippen LogP contribution in [0.1, 0.15) is 32.5 Å². The van der Waals surface area contributed by atoms with Gasteiger partial charge in [0.05, 0.1) is 6.54 Å². The van der Waals surface area contributed by atoms with E-state index >= 15 is 0 Å². The van der Waals surface area contributed by atoms with E-state index < -0.39 is 11.7 Å². The molecule has 0 radical (unpaired) electrons. The van der Waals surface area contributed by atoms with Gasteiger partial charge < -0.3 is 24.8 Å². The molecule has 1 spiro atoms. The second-order valence-corrected chi connectivity index (χ2v) is 7.19. The molecule has 1 aromatic rings. The normalized spacial score (nSPS) is 21.9. The van der Waals surface area contributed by atoms with Crippen molar-refractivity contribution in [2.45, 2.75) is 44.9 Å².